The van der Waals surface area contributed by atoms with E-state index >= 15 is 0 Å². The van der Waals surface area contributed by atoms with E-state index in [0.717, 1.165) is 22.4 Å². The van der Waals surface area contributed by atoms with E-state index in [-0.39, 0.29) is 11.9 Å². The molecule has 1 heterocycles. The van der Waals surface area contributed by atoms with Crippen molar-refractivity contribution < 1.29 is 9.53 Å². The van der Waals surface area contributed by atoms with Crippen LogP contribution in [0.3, 0.4) is 0 Å². The van der Waals surface area contributed by atoms with E-state index in [9.17, 15) is 4.79 Å². The zero-order chi connectivity index (χ0) is 9.00. The molecule has 0 spiro atoms. The summed E-state index contributed by atoms with van der Waals surface area (Å²) < 4.78 is 5.23. The van der Waals surface area contributed by atoms with E-state index in [0.29, 0.717) is 0 Å². The molecule has 1 aliphatic carbocycles. The van der Waals surface area contributed by atoms with Gasteiger partial charge in [-0.2, -0.15) is 0 Å². The van der Waals surface area contributed by atoms with E-state index in [4.69, 9.17) is 4.74 Å². The van der Waals surface area contributed by atoms with E-state index in [1.54, 1.807) is 0 Å². The topological polar surface area (TPSA) is 26.3 Å². The summed E-state index contributed by atoms with van der Waals surface area (Å²) in [6.45, 7) is 1.95. The maximum absolute atomic E-state index is 11.3. The smallest absolute Gasteiger partial charge is 0.322 e. The number of carbonyl (C=O) groups excluding carboxylic acids is 1. The molecule has 1 atom stereocenters. The van der Waals surface area contributed by atoms with Gasteiger partial charge in [0.05, 0.1) is 0 Å². The fraction of sp³-hybridized carbons (Fsp3) is 0.182. The minimum Gasteiger partial charge on any atom is -0.425 e. The summed E-state index contributed by atoms with van der Waals surface area (Å²) in [6, 6.07) is 5.94. The van der Waals surface area contributed by atoms with Gasteiger partial charge < -0.3 is 4.74 Å². The van der Waals surface area contributed by atoms with Gasteiger partial charge in [0.2, 0.25) is 0 Å². The third-order valence-electron chi connectivity index (χ3n) is 2.55. The van der Waals surface area contributed by atoms with Crippen molar-refractivity contribution >= 4 is 11.5 Å². The zero-order valence-corrected chi connectivity index (χ0v) is 7.20. The van der Waals surface area contributed by atoms with Crippen LogP contribution in [0.2, 0.25) is 0 Å². The monoisotopic (exact) mass is 172 g/mol. The second-order valence-corrected chi connectivity index (χ2v) is 3.47. The Bertz CT molecular complexity index is 443. The number of ether oxygens (including phenoxy) is 1. The van der Waals surface area contributed by atoms with E-state index in [1.165, 1.54) is 0 Å². The minimum absolute atomic E-state index is 0.0469. The third-order valence-corrected chi connectivity index (χ3v) is 2.55. The number of para-hydroxylation sites is 1. The van der Waals surface area contributed by atoms with E-state index in [2.05, 4.69) is 0 Å². The van der Waals surface area contributed by atoms with Crippen molar-refractivity contribution in [2.45, 2.75) is 6.92 Å². The Morgan fingerprint density at radius 1 is 1.38 bits per heavy atom. The van der Waals surface area contributed by atoms with Gasteiger partial charge >= 0.3 is 5.97 Å². The number of aryl methyl sites for hydroxylation is 1. The number of carbonyl (C=O) groups is 1. The van der Waals surface area contributed by atoms with Crippen molar-refractivity contribution in [3.05, 3.63) is 35.4 Å². The third kappa shape index (κ3) is 0.800. The summed E-state index contributed by atoms with van der Waals surface area (Å²) in [5.74, 6) is 0.568. The molecule has 3 rings (SSSR count). The second-order valence-electron chi connectivity index (χ2n) is 3.47. The van der Waals surface area contributed by atoms with Crippen LogP contribution in [-0.2, 0) is 4.79 Å². The van der Waals surface area contributed by atoms with Crippen molar-refractivity contribution in [1.82, 2.24) is 0 Å². The molecule has 0 saturated heterocycles. The summed E-state index contributed by atoms with van der Waals surface area (Å²) in [7, 11) is 0. The van der Waals surface area contributed by atoms with Crippen LogP contribution in [0.25, 0.3) is 5.57 Å². The number of esters is 1. The highest BCUT2D eigenvalue weighted by Gasteiger charge is 2.41. The van der Waals surface area contributed by atoms with Crippen LogP contribution in [0.15, 0.2) is 24.3 Å². The predicted molar refractivity (Wildman–Crippen MR) is 48.3 cm³/mol. The first kappa shape index (κ1) is 6.89. The highest BCUT2D eigenvalue weighted by atomic mass is 16.5. The van der Waals surface area contributed by atoms with Crippen LogP contribution in [0.1, 0.15) is 11.1 Å². The van der Waals surface area contributed by atoms with Gasteiger partial charge in [-0.3, -0.25) is 4.79 Å². The zero-order valence-electron chi connectivity index (χ0n) is 7.20. The van der Waals surface area contributed by atoms with Gasteiger partial charge in [0.1, 0.15) is 11.7 Å². The first-order valence-corrected chi connectivity index (χ1v) is 4.31. The molecule has 0 aromatic heterocycles. The molecule has 64 valence electrons. The number of rotatable bonds is 0. The second kappa shape index (κ2) is 2.02. The van der Waals surface area contributed by atoms with Crippen molar-refractivity contribution in [3.63, 3.8) is 0 Å². The summed E-state index contributed by atoms with van der Waals surface area (Å²) in [5, 5.41) is 0. The molecule has 1 aromatic carbocycles. The van der Waals surface area contributed by atoms with Crippen molar-refractivity contribution in [2.75, 3.05) is 0 Å². The summed E-state index contributed by atoms with van der Waals surface area (Å²) in [4.78, 5) is 11.3. The molecule has 0 radical (unpaired) electrons. The molecular weight excluding hydrogens is 164 g/mol. The van der Waals surface area contributed by atoms with Crippen molar-refractivity contribution in [1.29, 1.82) is 0 Å². The molecule has 2 heteroatoms. The fourth-order valence-electron chi connectivity index (χ4n) is 1.76. The molecule has 0 amide bonds. The lowest BCUT2D eigenvalue weighted by Gasteiger charge is -2.16. The highest BCUT2D eigenvalue weighted by Crippen LogP contribution is 2.48. The Balaban J connectivity index is 2.24. The maximum Gasteiger partial charge on any atom is 0.322 e. The predicted octanol–water partition coefficient (Wildman–Crippen LogP) is 1.93. The van der Waals surface area contributed by atoms with Crippen LogP contribution < -0.4 is 4.74 Å². The Morgan fingerprint density at radius 3 is 3.08 bits per heavy atom. The van der Waals surface area contributed by atoms with Crippen LogP contribution in [0.4, 0.5) is 0 Å². The van der Waals surface area contributed by atoms with Crippen LogP contribution in [-0.4, -0.2) is 5.97 Å². The lowest BCUT2D eigenvalue weighted by molar-refractivity contribution is -0.135. The number of hydrogen-bond donors (Lipinski definition) is 0. The van der Waals surface area contributed by atoms with Gasteiger partial charge in [-0.25, -0.2) is 0 Å². The SMILES string of the molecule is Cc1cccc2c1OC(=O)C1C=C21. The Hall–Kier alpha value is -1.57. The lowest BCUT2D eigenvalue weighted by atomic mass is 10.0. The van der Waals surface area contributed by atoms with E-state index < -0.39 is 0 Å². The molecule has 0 fully saturated rings. The normalized spacial score (nSPS) is 22.7. The summed E-state index contributed by atoms with van der Waals surface area (Å²) >= 11 is 0. The van der Waals surface area contributed by atoms with Gasteiger partial charge in [0, 0.05) is 5.56 Å². The van der Waals surface area contributed by atoms with Gasteiger partial charge in [0.25, 0.3) is 0 Å². The van der Waals surface area contributed by atoms with E-state index in [1.807, 2.05) is 31.2 Å². The van der Waals surface area contributed by atoms with Gasteiger partial charge in [-0.05, 0) is 18.1 Å². The molecule has 2 nitrogen and oxygen atoms in total. The maximum atomic E-state index is 11.3. The Labute approximate surface area is 75.8 Å². The quantitative estimate of drug-likeness (QED) is 0.441. The molecule has 2 aliphatic rings. The average Bonchev–Trinajstić information content (AvgIpc) is 2.87. The number of benzene rings is 1. The van der Waals surface area contributed by atoms with Crippen molar-refractivity contribution in [2.24, 2.45) is 5.92 Å². The largest absolute Gasteiger partial charge is 0.425 e. The van der Waals surface area contributed by atoms with Gasteiger partial charge in [-0.15, -0.1) is 0 Å². The standard InChI is InChI=1S/C11H8O2/c1-6-3-2-4-7-8-5-9(8)11(12)13-10(6)7/h2-5,9H,1H3. The van der Waals surface area contributed by atoms with Crippen LogP contribution in [0, 0.1) is 12.8 Å². The van der Waals surface area contributed by atoms with Crippen LogP contribution >= 0.6 is 0 Å². The molecular formula is C11H8O2. The summed E-state index contributed by atoms with van der Waals surface area (Å²) in [6.07, 6.45) is 1.95. The fourth-order valence-corrected chi connectivity index (χ4v) is 1.76. The Morgan fingerprint density at radius 2 is 2.23 bits per heavy atom. The first-order valence-electron chi connectivity index (χ1n) is 4.31. The Kier molecular flexibility index (Phi) is 1.07. The van der Waals surface area contributed by atoms with Crippen molar-refractivity contribution in [3.8, 4) is 5.75 Å². The highest BCUT2D eigenvalue weighted by molar-refractivity contribution is 6.05. The molecule has 13 heavy (non-hydrogen) atoms. The molecule has 0 saturated carbocycles. The number of hydrogen-bond acceptors (Lipinski definition) is 2. The minimum atomic E-state index is -0.128. The molecule has 1 aliphatic heterocycles. The molecule has 1 aromatic rings. The first-order chi connectivity index (χ1) is 6.27. The number of fused-ring (bicyclic) bond motifs is 3. The molecule has 0 N–H and O–H groups in total. The summed E-state index contributed by atoms with van der Waals surface area (Å²) in [5.41, 5.74) is 3.25. The molecule has 0 bridgehead atoms. The van der Waals surface area contributed by atoms with Gasteiger partial charge in [0.15, 0.2) is 0 Å². The van der Waals surface area contributed by atoms with Gasteiger partial charge in [-0.1, -0.05) is 24.3 Å². The molecule has 1 unspecified atom stereocenters. The lowest BCUT2D eigenvalue weighted by Crippen LogP contribution is -2.17. The van der Waals surface area contributed by atoms with Crippen LogP contribution in [0.5, 0.6) is 5.75 Å². The average molecular weight is 172 g/mol.